The molecule has 1 atom stereocenters. The van der Waals surface area contributed by atoms with Crippen molar-refractivity contribution < 1.29 is 9.53 Å². The van der Waals surface area contributed by atoms with E-state index in [1.807, 2.05) is 32.7 Å². The zero-order chi connectivity index (χ0) is 19.1. The molecular formula is C19H29N5O2. The first-order valence-corrected chi connectivity index (χ1v) is 9.07. The summed E-state index contributed by atoms with van der Waals surface area (Å²) in [4.78, 5) is 16.5. The number of hydrogen-bond donors (Lipinski definition) is 1. The fraction of sp³-hybridized carbons (Fsp3) is 0.579. The Kier molecular flexibility index (Phi) is 4.84. The summed E-state index contributed by atoms with van der Waals surface area (Å²) in [5.74, 6) is 0.562. The Morgan fingerprint density at radius 1 is 1.35 bits per heavy atom. The van der Waals surface area contributed by atoms with Crippen LogP contribution in [0.15, 0.2) is 18.2 Å². The Morgan fingerprint density at radius 3 is 2.73 bits per heavy atom. The third-order valence-corrected chi connectivity index (χ3v) is 4.69. The summed E-state index contributed by atoms with van der Waals surface area (Å²) in [6.45, 7) is 10.9. The van der Waals surface area contributed by atoms with Gasteiger partial charge in [-0.1, -0.05) is 6.07 Å². The van der Waals surface area contributed by atoms with Crippen LogP contribution < -0.4 is 5.73 Å². The minimum Gasteiger partial charge on any atom is -0.444 e. The van der Waals surface area contributed by atoms with Gasteiger partial charge in [0.05, 0.1) is 5.52 Å². The molecule has 142 valence electrons. The summed E-state index contributed by atoms with van der Waals surface area (Å²) >= 11 is 0. The van der Waals surface area contributed by atoms with E-state index < -0.39 is 5.60 Å². The number of hydrogen-bond acceptors (Lipinski definition) is 5. The number of benzene rings is 1. The molecule has 3 rings (SSSR count). The first-order valence-electron chi connectivity index (χ1n) is 9.07. The van der Waals surface area contributed by atoms with E-state index in [1.54, 1.807) is 4.68 Å². The summed E-state index contributed by atoms with van der Waals surface area (Å²) in [5.41, 5.74) is 7.77. The summed E-state index contributed by atoms with van der Waals surface area (Å²) in [6, 6.07) is 6.41. The van der Waals surface area contributed by atoms with Gasteiger partial charge in [0, 0.05) is 44.7 Å². The molecule has 7 heteroatoms. The van der Waals surface area contributed by atoms with Gasteiger partial charge in [0.2, 0.25) is 0 Å². The van der Waals surface area contributed by atoms with E-state index in [4.69, 9.17) is 10.5 Å². The van der Waals surface area contributed by atoms with Crippen LogP contribution in [0.25, 0.3) is 10.9 Å². The van der Waals surface area contributed by atoms with E-state index in [9.17, 15) is 4.79 Å². The van der Waals surface area contributed by atoms with Gasteiger partial charge in [-0.15, -0.1) is 0 Å². The Hall–Kier alpha value is -2.28. The molecule has 0 spiro atoms. The average Bonchev–Trinajstić information content (AvgIpc) is 2.80. The number of carbonyl (C=O) groups excluding carboxylic acids is 1. The number of ether oxygens (including phenoxy) is 1. The number of rotatable bonds is 2. The van der Waals surface area contributed by atoms with Crippen LogP contribution in [0.3, 0.4) is 0 Å². The highest BCUT2D eigenvalue weighted by atomic mass is 16.6. The quantitative estimate of drug-likeness (QED) is 0.892. The fourth-order valence-electron chi connectivity index (χ4n) is 3.46. The van der Waals surface area contributed by atoms with Crippen LogP contribution >= 0.6 is 0 Å². The zero-order valence-electron chi connectivity index (χ0n) is 16.3. The van der Waals surface area contributed by atoms with Gasteiger partial charge in [-0.3, -0.25) is 9.58 Å². The maximum absolute atomic E-state index is 12.3. The standard InChI is InChI=1S/C19H29N5O2/c1-13-11-23(8-9-24(13)18(25)26-19(2,3)4)12-14-6-7-16-15(10-14)17(20)21-22(16)5/h6-7,10,13H,8-9,11-12H2,1-5H3,(H2,20,21)/t13-/m0/s1. The second-order valence-electron chi connectivity index (χ2n) is 8.12. The molecule has 1 aromatic heterocycles. The molecule has 0 unspecified atom stereocenters. The first-order chi connectivity index (χ1) is 12.1. The van der Waals surface area contributed by atoms with Crippen LogP contribution in [-0.4, -0.2) is 57.0 Å². The predicted molar refractivity (Wildman–Crippen MR) is 103 cm³/mol. The lowest BCUT2D eigenvalue weighted by atomic mass is 10.1. The summed E-state index contributed by atoms with van der Waals surface area (Å²) in [5, 5.41) is 5.26. The number of nitrogens with zero attached hydrogens (tertiary/aromatic N) is 4. The molecule has 2 heterocycles. The molecule has 1 amide bonds. The molecule has 1 aliphatic heterocycles. The van der Waals surface area contributed by atoms with Crippen LogP contribution in [-0.2, 0) is 18.3 Å². The van der Waals surface area contributed by atoms with Crippen molar-refractivity contribution in [3.05, 3.63) is 23.8 Å². The molecule has 0 radical (unpaired) electrons. The molecule has 7 nitrogen and oxygen atoms in total. The van der Waals surface area contributed by atoms with Crippen LogP contribution in [0.2, 0.25) is 0 Å². The second kappa shape index (κ2) is 6.79. The highest BCUT2D eigenvalue weighted by Gasteiger charge is 2.30. The summed E-state index contributed by atoms with van der Waals surface area (Å²) in [7, 11) is 1.90. The van der Waals surface area contributed by atoms with Crippen LogP contribution in [0.1, 0.15) is 33.3 Å². The lowest BCUT2D eigenvalue weighted by molar-refractivity contribution is 0.000567. The molecule has 2 N–H and O–H groups in total. The maximum Gasteiger partial charge on any atom is 0.410 e. The lowest BCUT2D eigenvalue weighted by Crippen LogP contribution is -2.54. The Labute approximate surface area is 154 Å². The molecule has 0 aliphatic carbocycles. The van der Waals surface area contributed by atoms with Gasteiger partial charge in [0.15, 0.2) is 5.82 Å². The topological polar surface area (TPSA) is 76.6 Å². The zero-order valence-corrected chi connectivity index (χ0v) is 16.3. The van der Waals surface area contributed by atoms with Crippen LogP contribution in [0, 0.1) is 0 Å². The Bertz CT molecular complexity index is 808. The highest BCUT2D eigenvalue weighted by molar-refractivity contribution is 5.89. The lowest BCUT2D eigenvalue weighted by Gasteiger charge is -2.40. The number of piperazine rings is 1. The molecular weight excluding hydrogens is 330 g/mol. The number of fused-ring (bicyclic) bond motifs is 1. The SMILES string of the molecule is C[C@H]1CN(Cc2ccc3c(c2)c(N)nn3C)CCN1C(=O)OC(C)(C)C. The van der Waals surface area contributed by atoms with Crippen molar-refractivity contribution in [2.24, 2.45) is 7.05 Å². The largest absolute Gasteiger partial charge is 0.444 e. The minimum absolute atomic E-state index is 0.116. The number of nitrogen functional groups attached to an aromatic ring is 1. The number of carbonyl (C=O) groups is 1. The van der Waals surface area contributed by atoms with Crippen molar-refractivity contribution in [3.63, 3.8) is 0 Å². The molecule has 1 saturated heterocycles. The number of nitrogens with two attached hydrogens (primary N) is 1. The Morgan fingerprint density at radius 2 is 2.08 bits per heavy atom. The van der Waals surface area contributed by atoms with E-state index >= 15 is 0 Å². The van der Waals surface area contributed by atoms with Crippen molar-refractivity contribution in [1.29, 1.82) is 0 Å². The van der Waals surface area contributed by atoms with E-state index in [2.05, 4.69) is 35.1 Å². The van der Waals surface area contributed by atoms with Crippen molar-refractivity contribution in [2.45, 2.75) is 45.9 Å². The number of aryl methyl sites for hydroxylation is 1. The average molecular weight is 359 g/mol. The van der Waals surface area contributed by atoms with Gasteiger partial charge in [0.25, 0.3) is 0 Å². The van der Waals surface area contributed by atoms with E-state index in [1.165, 1.54) is 5.56 Å². The van der Waals surface area contributed by atoms with E-state index in [-0.39, 0.29) is 12.1 Å². The van der Waals surface area contributed by atoms with E-state index in [0.717, 1.165) is 30.5 Å². The molecule has 1 aromatic carbocycles. The minimum atomic E-state index is -0.465. The monoisotopic (exact) mass is 359 g/mol. The molecule has 0 bridgehead atoms. The van der Waals surface area contributed by atoms with Gasteiger partial charge in [0.1, 0.15) is 5.60 Å². The van der Waals surface area contributed by atoms with Gasteiger partial charge in [-0.2, -0.15) is 5.10 Å². The third kappa shape index (κ3) is 3.93. The number of amides is 1. The van der Waals surface area contributed by atoms with Crippen molar-refractivity contribution in [1.82, 2.24) is 19.6 Å². The van der Waals surface area contributed by atoms with Crippen LogP contribution in [0.5, 0.6) is 0 Å². The molecule has 26 heavy (non-hydrogen) atoms. The molecule has 2 aromatic rings. The summed E-state index contributed by atoms with van der Waals surface area (Å²) in [6.07, 6.45) is -0.228. The normalized spacial score (nSPS) is 19.1. The third-order valence-electron chi connectivity index (χ3n) is 4.69. The highest BCUT2D eigenvalue weighted by Crippen LogP contribution is 2.23. The van der Waals surface area contributed by atoms with Crippen LogP contribution in [0.4, 0.5) is 10.6 Å². The number of anilines is 1. The van der Waals surface area contributed by atoms with Crippen molar-refractivity contribution in [3.8, 4) is 0 Å². The predicted octanol–water partition coefficient (Wildman–Crippen LogP) is 2.60. The van der Waals surface area contributed by atoms with Gasteiger partial charge < -0.3 is 15.4 Å². The van der Waals surface area contributed by atoms with Gasteiger partial charge in [-0.25, -0.2) is 4.79 Å². The van der Waals surface area contributed by atoms with Gasteiger partial charge >= 0.3 is 6.09 Å². The van der Waals surface area contributed by atoms with Crippen molar-refractivity contribution in [2.75, 3.05) is 25.4 Å². The maximum atomic E-state index is 12.3. The molecule has 1 aliphatic rings. The van der Waals surface area contributed by atoms with Crippen molar-refractivity contribution >= 4 is 22.8 Å². The molecule has 0 saturated carbocycles. The number of aromatic nitrogens is 2. The molecule has 1 fully saturated rings. The smallest absolute Gasteiger partial charge is 0.410 e. The van der Waals surface area contributed by atoms with Gasteiger partial charge in [-0.05, 0) is 45.4 Å². The second-order valence-corrected chi connectivity index (χ2v) is 8.12. The Balaban J connectivity index is 1.64. The first kappa shape index (κ1) is 18.5. The van der Waals surface area contributed by atoms with E-state index in [0.29, 0.717) is 12.4 Å². The summed E-state index contributed by atoms with van der Waals surface area (Å²) < 4.78 is 7.31. The fourth-order valence-corrected chi connectivity index (χ4v) is 3.46.